The Morgan fingerprint density at radius 3 is 2.81 bits per heavy atom. The van der Waals surface area contributed by atoms with E-state index in [1.54, 1.807) is 0 Å². The summed E-state index contributed by atoms with van der Waals surface area (Å²) in [5.74, 6) is 0.189. The van der Waals surface area contributed by atoms with Gasteiger partial charge >= 0.3 is 0 Å². The molecule has 1 aromatic rings. The molecule has 4 heteroatoms. The van der Waals surface area contributed by atoms with Crippen LogP contribution in [0.3, 0.4) is 0 Å². The first-order valence-corrected chi connectivity index (χ1v) is 7.56. The van der Waals surface area contributed by atoms with Crippen LogP contribution in [0.5, 0.6) is 0 Å². The average molecular weight is 283 g/mol. The van der Waals surface area contributed by atoms with Crippen LogP contribution in [-0.2, 0) is 23.2 Å². The maximum atomic E-state index is 12.5. The van der Waals surface area contributed by atoms with Crippen LogP contribution in [-0.4, -0.2) is 15.6 Å². The number of aryl methyl sites for hydroxylation is 2. The summed E-state index contributed by atoms with van der Waals surface area (Å²) in [6.45, 7) is 16.4. The van der Waals surface area contributed by atoms with Gasteiger partial charge in [-0.1, -0.05) is 26.8 Å². The molecule has 0 bridgehead atoms. The lowest BCUT2D eigenvalue weighted by molar-refractivity contribution is -0.128. The SMILES string of the molecule is [C-]#[N+]C1=C[C@]2(C)c3nn(CC)cc3CC[C@H]2C(C)(C)C1=O. The summed E-state index contributed by atoms with van der Waals surface area (Å²) in [4.78, 5) is 16.0. The van der Waals surface area contributed by atoms with Crippen LogP contribution in [0.15, 0.2) is 18.0 Å². The molecule has 0 amide bonds. The summed E-state index contributed by atoms with van der Waals surface area (Å²) in [6, 6.07) is 0. The van der Waals surface area contributed by atoms with E-state index in [4.69, 9.17) is 11.7 Å². The van der Waals surface area contributed by atoms with Crippen molar-refractivity contribution in [1.82, 2.24) is 9.78 Å². The van der Waals surface area contributed by atoms with Crippen molar-refractivity contribution in [2.24, 2.45) is 11.3 Å². The Morgan fingerprint density at radius 1 is 1.48 bits per heavy atom. The molecule has 1 heterocycles. The molecule has 2 aliphatic carbocycles. The molecule has 0 radical (unpaired) electrons. The van der Waals surface area contributed by atoms with E-state index in [0.29, 0.717) is 0 Å². The number of Topliss-reactive ketones (excluding diaryl/α,β-unsaturated/α-hetero) is 1. The van der Waals surface area contributed by atoms with E-state index in [1.807, 2.05) is 24.6 Å². The van der Waals surface area contributed by atoms with Crippen molar-refractivity contribution in [3.8, 4) is 0 Å². The first-order valence-electron chi connectivity index (χ1n) is 7.56. The summed E-state index contributed by atoms with van der Waals surface area (Å²) in [5, 5.41) is 4.74. The van der Waals surface area contributed by atoms with E-state index >= 15 is 0 Å². The average Bonchev–Trinajstić information content (AvgIpc) is 2.87. The van der Waals surface area contributed by atoms with Crippen molar-refractivity contribution in [3.05, 3.63) is 40.6 Å². The number of rotatable bonds is 1. The molecule has 1 aromatic heterocycles. The van der Waals surface area contributed by atoms with Crippen LogP contribution in [0.4, 0.5) is 0 Å². The third-order valence-electron chi connectivity index (χ3n) is 5.34. The predicted octanol–water partition coefficient (Wildman–Crippen LogP) is 3.14. The van der Waals surface area contributed by atoms with Gasteiger partial charge in [0.15, 0.2) is 5.78 Å². The summed E-state index contributed by atoms with van der Waals surface area (Å²) in [6.07, 6.45) is 5.93. The molecule has 2 aliphatic rings. The van der Waals surface area contributed by atoms with Gasteiger partial charge in [-0.25, -0.2) is 4.85 Å². The van der Waals surface area contributed by atoms with Crippen molar-refractivity contribution in [1.29, 1.82) is 0 Å². The fourth-order valence-corrected chi connectivity index (χ4v) is 4.23. The zero-order chi connectivity index (χ0) is 15.4. The second-order valence-electron chi connectivity index (χ2n) is 6.92. The van der Waals surface area contributed by atoms with Gasteiger partial charge in [0.05, 0.1) is 12.3 Å². The molecule has 0 N–H and O–H groups in total. The molecule has 0 saturated carbocycles. The number of aromatic nitrogens is 2. The van der Waals surface area contributed by atoms with E-state index in [1.165, 1.54) is 5.56 Å². The van der Waals surface area contributed by atoms with E-state index in [-0.39, 0.29) is 22.8 Å². The minimum Gasteiger partial charge on any atom is -0.307 e. The van der Waals surface area contributed by atoms with Gasteiger partial charge in [-0.3, -0.25) is 4.68 Å². The Bertz CT molecular complexity index is 689. The number of carbonyl (C=O) groups is 1. The minimum absolute atomic E-state index is 0.0154. The molecule has 21 heavy (non-hydrogen) atoms. The highest BCUT2D eigenvalue weighted by molar-refractivity contribution is 6.02. The van der Waals surface area contributed by atoms with Crippen molar-refractivity contribution in [2.45, 2.75) is 52.5 Å². The third-order valence-corrected chi connectivity index (χ3v) is 5.34. The number of fused-ring (bicyclic) bond motifs is 3. The smallest absolute Gasteiger partial charge is 0.226 e. The number of hydrogen-bond acceptors (Lipinski definition) is 2. The summed E-state index contributed by atoms with van der Waals surface area (Å²) in [5.41, 5.74) is 1.78. The topological polar surface area (TPSA) is 39.2 Å². The van der Waals surface area contributed by atoms with E-state index in [9.17, 15) is 4.79 Å². The molecule has 0 spiro atoms. The van der Waals surface area contributed by atoms with Gasteiger partial charge in [-0.2, -0.15) is 5.10 Å². The normalized spacial score (nSPS) is 30.1. The van der Waals surface area contributed by atoms with Crippen molar-refractivity contribution >= 4 is 5.78 Å². The largest absolute Gasteiger partial charge is 0.307 e. The summed E-state index contributed by atoms with van der Waals surface area (Å²) >= 11 is 0. The molecule has 3 rings (SSSR count). The standard InChI is InChI=1S/C17H21N3O/c1-6-20-10-11-7-8-13-16(2,3)15(21)12(18-5)9-17(13,4)14(11)19-20/h9-10,13H,6-8H2,1-4H3/t13-,17-/m0/s1. The van der Waals surface area contributed by atoms with E-state index in [0.717, 1.165) is 25.1 Å². The van der Waals surface area contributed by atoms with Crippen LogP contribution in [0.25, 0.3) is 4.85 Å². The molecule has 0 aliphatic heterocycles. The van der Waals surface area contributed by atoms with E-state index in [2.05, 4.69) is 24.9 Å². The summed E-state index contributed by atoms with van der Waals surface area (Å²) in [7, 11) is 0. The zero-order valence-corrected chi connectivity index (χ0v) is 13.1. The Hall–Kier alpha value is -1.89. The first-order chi connectivity index (χ1) is 9.84. The van der Waals surface area contributed by atoms with Gasteiger partial charge in [-0.05, 0) is 31.2 Å². The molecular weight excluding hydrogens is 262 g/mol. The second kappa shape index (κ2) is 4.30. The van der Waals surface area contributed by atoms with Crippen LogP contribution in [0, 0.1) is 17.9 Å². The highest BCUT2D eigenvalue weighted by Crippen LogP contribution is 2.54. The van der Waals surface area contributed by atoms with Crippen LogP contribution in [0.2, 0.25) is 0 Å². The number of allylic oxidation sites excluding steroid dienone is 2. The van der Waals surface area contributed by atoms with Crippen LogP contribution >= 0.6 is 0 Å². The molecule has 2 atom stereocenters. The lowest BCUT2D eigenvalue weighted by Crippen LogP contribution is -2.50. The highest BCUT2D eigenvalue weighted by Gasteiger charge is 2.54. The lowest BCUT2D eigenvalue weighted by Gasteiger charge is -2.49. The third kappa shape index (κ3) is 1.73. The second-order valence-corrected chi connectivity index (χ2v) is 6.92. The fourth-order valence-electron chi connectivity index (χ4n) is 4.23. The number of nitrogens with zero attached hydrogens (tertiary/aromatic N) is 3. The van der Waals surface area contributed by atoms with Gasteiger partial charge in [0.25, 0.3) is 0 Å². The maximum Gasteiger partial charge on any atom is 0.226 e. The van der Waals surface area contributed by atoms with Crippen molar-refractivity contribution in [2.75, 3.05) is 0 Å². The maximum absolute atomic E-state index is 12.5. The molecule has 0 aromatic carbocycles. The zero-order valence-electron chi connectivity index (χ0n) is 13.1. The van der Waals surface area contributed by atoms with Crippen LogP contribution in [0.1, 0.15) is 45.4 Å². The van der Waals surface area contributed by atoms with Gasteiger partial charge < -0.3 is 4.79 Å². The van der Waals surface area contributed by atoms with Crippen molar-refractivity contribution in [3.63, 3.8) is 0 Å². The predicted molar refractivity (Wildman–Crippen MR) is 80.5 cm³/mol. The Labute approximate surface area is 125 Å². The van der Waals surface area contributed by atoms with Gasteiger partial charge in [-0.15, -0.1) is 0 Å². The first kappa shape index (κ1) is 14.1. The van der Waals surface area contributed by atoms with Crippen molar-refractivity contribution < 1.29 is 4.79 Å². The molecule has 0 saturated heterocycles. The van der Waals surface area contributed by atoms with Gasteiger partial charge in [0, 0.05) is 23.6 Å². The number of ketones is 1. The highest BCUT2D eigenvalue weighted by atomic mass is 16.1. The van der Waals surface area contributed by atoms with Gasteiger partial charge in [0.1, 0.15) is 0 Å². The molecular formula is C17H21N3O. The Balaban J connectivity index is 2.24. The molecule has 0 fully saturated rings. The summed E-state index contributed by atoms with van der Waals surface area (Å²) < 4.78 is 1.97. The lowest BCUT2D eigenvalue weighted by atomic mass is 9.53. The Kier molecular flexibility index (Phi) is 2.88. The quantitative estimate of drug-likeness (QED) is 0.743. The monoisotopic (exact) mass is 283 g/mol. The van der Waals surface area contributed by atoms with E-state index < -0.39 is 5.41 Å². The molecule has 0 unspecified atom stereocenters. The van der Waals surface area contributed by atoms with Gasteiger partial charge in [0.2, 0.25) is 5.70 Å². The molecule has 4 nitrogen and oxygen atoms in total. The number of hydrogen-bond donors (Lipinski definition) is 0. The minimum atomic E-state index is -0.503. The fraction of sp³-hybridized carbons (Fsp3) is 0.588. The molecule has 110 valence electrons. The Morgan fingerprint density at radius 2 is 2.19 bits per heavy atom. The van der Waals surface area contributed by atoms with Crippen LogP contribution < -0.4 is 0 Å². The number of carbonyl (C=O) groups excluding carboxylic acids is 1.